The lowest BCUT2D eigenvalue weighted by atomic mass is 9.79. The van der Waals surface area contributed by atoms with E-state index in [1.807, 2.05) is 0 Å². The summed E-state index contributed by atoms with van der Waals surface area (Å²) in [6.07, 6.45) is 8.47. The van der Waals surface area contributed by atoms with Crippen LogP contribution in [0.1, 0.15) is 38.5 Å². The molecule has 3 N–H and O–H groups in total. The van der Waals surface area contributed by atoms with Crippen molar-refractivity contribution in [3.05, 3.63) is 0 Å². The van der Waals surface area contributed by atoms with Crippen LogP contribution in [0.3, 0.4) is 0 Å². The van der Waals surface area contributed by atoms with Gasteiger partial charge in [0.25, 0.3) is 0 Å². The number of hydrogen-bond donors (Lipinski definition) is 2. The second-order valence-electron chi connectivity index (χ2n) is 4.00. The van der Waals surface area contributed by atoms with E-state index in [0.717, 1.165) is 12.0 Å². The Morgan fingerprint density at radius 2 is 1.82 bits per heavy atom. The van der Waals surface area contributed by atoms with Crippen molar-refractivity contribution in [2.24, 2.45) is 11.7 Å². The van der Waals surface area contributed by atoms with Crippen molar-refractivity contribution >= 4 is 0 Å². The van der Waals surface area contributed by atoms with E-state index in [9.17, 15) is 0 Å². The molecule has 3 unspecified atom stereocenters. The molecule has 64 valence electrons. The fourth-order valence-corrected chi connectivity index (χ4v) is 2.52. The van der Waals surface area contributed by atoms with Gasteiger partial charge in [-0.25, -0.2) is 0 Å². The summed E-state index contributed by atoms with van der Waals surface area (Å²) in [4.78, 5) is 0. The van der Waals surface area contributed by atoms with Gasteiger partial charge in [-0.1, -0.05) is 12.8 Å². The standard InChI is InChI=1S/C9H18N2/c10-9-6-5-7-3-1-2-4-8(7)11-9/h7-9,11H,1-6,10H2. The van der Waals surface area contributed by atoms with Gasteiger partial charge in [0, 0.05) is 6.04 Å². The maximum Gasteiger partial charge on any atom is 0.0548 e. The molecule has 2 rings (SSSR count). The van der Waals surface area contributed by atoms with E-state index >= 15 is 0 Å². The van der Waals surface area contributed by atoms with E-state index in [1.165, 1.54) is 38.5 Å². The molecule has 2 heteroatoms. The molecular weight excluding hydrogens is 136 g/mol. The second kappa shape index (κ2) is 3.11. The van der Waals surface area contributed by atoms with Crippen molar-refractivity contribution in [1.82, 2.24) is 5.32 Å². The number of hydrogen-bond acceptors (Lipinski definition) is 2. The van der Waals surface area contributed by atoms with Crippen LogP contribution in [0, 0.1) is 5.92 Å². The minimum Gasteiger partial charge on any atom is -0.316 e. The van der Waals surface area contributed by atoms with Gasteiger partial charge in [-0.3, -0.25) is 5.32 Å². The van der Waals surface area contributed by atoms with Crippen LogP contribution in [-0.2, 0) is 0 Å². The Balaban J connectivity index is 1.93. The molecule has 0 aromatic rings. The number of rotatable bonds is 0. The molecular formula is C9H18N2. The van der Waals surface area contributed by atoms with Gasteiger partial charge >= 0.3 is 0 Å². The Labute approximate surface area is 68.5 Å². The van der Waals surface area contributed by atoms with E-state index in [-0.39, 0.29) is 6.17 Å². The molecule has 2 nitrogen and oxygen atoms in total. The van der Waals surface area contributed by atoms with Crippen LogP contribution in [0.15, 0.2) is 0 Å². The van der Waals surface area contributed by atoms with Crippen molar-refractivity contribution in [2.75, 3.05) is 0 Å². The highest BCUT2D eigenvalue weighted by molar-refractivity contribution is 4.86. The molecule has 0 aromatic carbocycles. The highest BCUT2D eigenvalue weighted by Gasteiger charge is 2.29. The lowest BCUT2D eigenvalue weighted by molar-refractivity contribution is 0.178. The first kappa shape index (κ1) is 7.56. The summed E-state index contributed by atoms with van der Waals surface area (Å²) >= 11 is 0. The van der Waals surface area contributed by atoms with Crippen LogP contribution in [0.4, 0.5) is 0 Å². The Kier molecular flexibility index (Phi) is 2.14. The molecule has 1 aliphatic heterocycles. The zero-order chi connectivity index (χ0) is 7.68. The number of piperidine rings is 1. The number of fused-ring (bicyclic) bond motifs is 1. The zero-order valence-electron chi connectivity index (χ0n) is 7.05. The average molecular weight is 154 g/mol. The monoisotopic (exact) mass is 154 g/mol. The molecule has 1 heterocycles. The summed E-state index contributed by atoms with van der Waals surface area (Å²) in [5.41, 5.74) is 5.83. The van der Waals surface area contributed by atoms with Crippen molar-refractivity contribution in [2.45, 2.75) is 50.7 Å². The number of nitrogens with two attached hydrogens (primary N) is 1. The minimum atomic E-state index is 0.286. The fraction of sp³-hybridized carbons (Fsp3) is 1.00. The third kappa shape index (κ3) is 1.57. The van der Waals surface area contributed by atoms with Crippen molar-refractivity contribution in [3.63, 3.8) is 0 Å². The van der Waals surface area contributed by atoms with Crippen LogP contribution in [0.2, 0.25) is 0 Å². The quantitative estimate of drug-likeness (QED) is 0.550. The van der Waals surface area contributed by atoms with Gasteiger partial charge in [-0.05, 0) is 31.6 Å². The summed E-state index contributed by atoms with van der Waals surface area (Å²) in [5, 5.41) is 3.50. The largest absolute Gasteiger partial charge is 0.316 e. The molecule has 2 fully saturated rings. The minimum absolute atomic E-state index is 0.286. The Bertz CT molecular complexity index is 136. The molecule has 11 heavy (non-hydrogen) atoms. The summed E-state index contributed by atoms with van der Waals surface area (Å²) in [7, 11) is 0. The first-order valence-electron chi connectivity index (χ1n) is 4.88. The van der Waals surface area contributed by atoms with Gasteiger partial charge in [0.05, 0.1) is 6.17 Å². The Morgan fingerprint density at radius 3 is 2.73 bits per heavy atom. The van der Waals surface area contributed by atoms with E-state index in [0.29, 0.717) is 0 Å². The van der Waals surface area contributed by atoms with Gasteiger partial charge in [-0.15, -0.1) is 0 Å². The molecule has 2 aliphatic rings. The second-order valence-corrected chi connectivity index (χ2v) is 4.00. The third-order valence-electron chi connectivity index (χ3n) is 3.19. The van der Waals surface area contributed by atoms with Crippen LogP contribution in [0.25, 0.3) is 0 Å². The number of nitrogens with one attached hydrogen (secondary N) is 1. The van der Waals surface area contributed by atoms with Crippen LogP contribution in [-0.4, -0.2) is 12.2 Å². The molecule has 0 bridgehead atoms. The summed E-state index contributed by atoms with van der Waals surface area (Å²) in [5.74, 6) is 0.948. The first-order valence-corrected chi connectivity index (χ1v) is 4.88. The Morgan fingerprint density at radius 1 is 1.00 bits per heavy atom. The summed E-state index contributed by atoms with van der Waals surface area (Å²) in [6.45, 7) is 0. The smallest absolute Gasteiger partial charge is 0.0548 e. The van der Waals surface area contributed by atoms with Crippen LogP contribution in [0.5, 0.6) is 0 Å². The highest BCUT2D eigenvalue weighted by atomic mass is 15.1. The van der Waals surface area contributed by atoms with Gasteiger partial charge in [0.1, 0.15) is 0 Å². The zero-order valence-corrected chi connectivity index (χ0v) is 7.05. The predicted octanol–water partition coefficient (Wildman–Crippen LogP) is 1.21. The SMILES string of the molecule is NC1CCC2CCCCC2N1. The summed E-state index contributed by atoms with van der Waals surface area (Å²) in [6, 6.07) is 0.757. The summed E-state index contributed by atoms with van der Waals surface area (Å²) < 4.78 is 0. The van der Waals surface area contributed by atoms with Gasteiger partial charge in [0.15, 0.2) is 0 Å². The maximum atomic E-state index is 5.83. The lowest BCUT2D eigenvalue weighted by Crippen LogP contribution is -2.52. The molecule has 0 radical (unpaired) electrons. The van der Waals surface area contributed by atoms with Gasteiger partial charge in [0.2, 0.25) is 0 Å². The average Bonchev–Trinajstić information content (AvgIpc) is 2.04. The molecule has 3 atom stereocenters. The predicted molar refractivity (Wildman–Crippen MR) is 46.1 cm³/mol. The van der Waals surface area contributed by atoms with E-state index in [2.05, 4.69) is 5.32 Å². The van der Waals surface area contributed by atoms with Crippen LogP contribution >= 0.6 is 0 Å². The van der Waals surface area contributed by atoms with Crippen molar-refractivity contribution in [1.29, 1.82) is 0 Å². The van der Waals surface area contributed by atoms with E-state index < -0.39 is 0 Å². The Hall–Kier alpha value is -0.0800. The third-order valence-corrected chi connectivity index (χ3v) is 3.19. The first-order chi connectivity index (χ1) is 5.36. The van der Waals surface area contributed by atoms with Crippen molar-refractivity contribution in [3.8, 4) is 0 Å². The molecule has 1 saturated carbocycles. The topological polar surface area (TPSA) is 38.0 Å². The molecule has 0 spiro atoms. The highest BCUT2D eigenvalue weighted by Crippen LogP contribution is 2.31. The molecule has 1 saturated heterocycles. The molecule has 0 aromatic heterocycles. The van der Waals surface area contributed by atoms with E-state index in [4.69, 9.17) is 5.73 Å². The maximum absolute atomic E-state index is 5.83. The van der Waals surface area contributed by atoms with E-state index in [1.54, 1.807) is 0 Å². The van der Waals surface area contributed by atoms with Crippen molar-refractivity contribution < 1.29 is 0 Å². The lowest BCUT2D eigenvalue weighted by Gasteiger charge is -2.39. The normalized spacial score (nSPS) is 45.0. The van der Waals surface area contributed by atoms with Gasteiger partial charge < -0.3 is 5.73 Å². The van der Waals surface area contributed by atoms with Crippen LogP contribution < -0.4 is 11.1 Å². The molecule has 1 aliphatic carbocycles. The fourth-order valence-electron chi connectivity index (χ4n) is 2.52. The molecule has 0 amide bonds. The van der Waals surface area contributed by atoms with Gasteiger partial charge in [-0.2, -0.15) is 0 Å².